The first-order valence-electron chi connectivity index (χ1n) is 2.02. The molecule has 4 nitrogen and oxygen atoms in total. The van der Waals surface area contributed by atoms with Gasteiger partial charge in [-0.25, -0.2) is 4.98 Å². The fourth-order valence-electron chi connectivity index (χ4n) is 0.312. The second kappa shape index (κ2) is 2.11. The van der Waals surface area contributed by atoms with Crippen LogP contribution in [0.2, 0.25) is 0 Å². The SMILES string of the molecule is O=Cc1nccnn1. The van der Waals surface area contributed by atoms with E-state index in [1.807, 2.05) is 0 Å². The van der Waals surface area contributed by atoms with Crippen molar-refractivity contribution in [2.24, 2.45) is 0 Å². The molecule has 0 unspecified atom stereocenters. The summed E-state index contributed by atoms with van der Waals surface area (Å²) in [6, 6.07) is 0. The molecule has 0 saturated heterocycles. The predicted octanol–water partition coefficient (Wildman–Crippen LogP) is -0.316. The number of hydrogen-bond acceptors (Lipinski definition) is 4. The number of hydrogen-bond donors (Lipinski definition) is 0. The highest BCUT2D eigenvalue weighted by atomic mass is 16.1. The molecule has 1 heterocycles. The Kier molecular flexibility index (Phi) is 1.27. The van der Waals surface area contributed by atoms with E-state index in [1.54, 1.807) is 0 Å². The third-order valence-electron chi connectivity index (χ3n) is 0.606. The first-order chi connectivity index (χ1) is 3.93. The zero-order valence-electron chi connectivity index (χ0n) is 3.98. The van der Waals surface area contributed by atoms with Crippen molar-refractivity contribution in [2.45, 2.75) is 0 Å². The van der Waals surface area contributed by atoms with E-state index < -0.39 is 0 Å². The van der Waals surface area contributed by atoms with Gasteiger partial charge in [-0.2, -0.15) is 5.10 Å². The summed E-state index contributed by atoms with van der Waals surface area (Å²) in [5.74, 6) is 0.118. The van der Waals surface area contributed by atoms with Crippen LogP contribution in [0.5, 0.6) is 0 Å². The summed E-state index contributed by atoms with van der Waals surface area (Å²) < 4.78 is 0. The van der Waals surface area contributed by atoms with Crippen LogP contribution >= 0.6 is 0 Å². The second-order valence-corrected chi connectivity index (χ2v) is 1.12. The molecule has 1 rings (SSSR count). The van der Waals surface area contributed by atoms with Gasteiger partial charge < -0.3 is 0 Å². The number of carbonyl (C=O) groups excluding carboxylic acids is 1. The zero-order valence-corrected chi connectivity index (χ0v) is 3.98. The van der Waals surface area contributed by atoms with E-state index in [4.69, 9.17) is 0 Å². The Morgan fingerprint density at radius 3 is 2.75 bits per heavy atom. The molecule has 0 aromatic carbocycles. The predicted molar refractivity (Wildman–Crippen MR) is 25.2 cm³/mol. The molecular weight excluding hydrogens is 106 g/mol. The first-order valence-corrected chi connectivity index (χ1v) is 2.02. The summed E-state index contributed by atoms with van der Waals surface area (Å²) >= 11 is 0. The lowest BCUT2D eigenvalue weighted by atomic mass is 10.7. The van der Waals surface area contributed by atoms with Crippen molar-refractivity contribution in [1.29, 1.82) is 0 Å². The molecule has 0 atom stereocenters. The van der Waals surface area contributed by atoms with Gasteiger partial charge in [-0.05, 0) is 0 Å². The van der Waals surface area contributed by atoms with Gasteiger partial charge in [0.15, 0.2) is 6.29 Å². The molecule has 0 bridgehead atoms. The van der Waals surface area contributed by atoms with Crippen LogP contribution in [0.15, 0.2) is 12.4 Å². The summed E-state index contributed by atoms with van der Waals surface area (Å²) in [6.07, 6.45) is 3.37. The lowest BCUT2D eigenvalue weighted by Crippen LogP contribution is -1.91. The summed E-state index contributed by atoms with van der Waals surface area (Å²) in [6.45, 7) is 0. The molecule has 1 aromatic rings. The molecule has 0 amide bonds. The van der Waals surface area contributed by atoms with E-state index >= 15 is 0 Å². The van der Waals surface area contributed by atoms with Crippen molar-refractivity contribution in [3.8, 4) is 0 Å². The topological polar surface area (TPSA) is 55.7 Å². The van der Waals surface area contributed by atoms with E-state index in [1.165, 1.54) is 12.4 Å². The molecule has 40 valence electrons. The standard InChI is InChI=1S/C4H3N3O/c8-3-4-5-1-2-6-7-4/h1-3H. The number of aldehydes is 1. The van der Waals surface area contributed by atoms with Gasteiger partial charge in [-0.1, -0.05) is 0 Å². The van der Waals surface area contributed by atoms with Gasteiger partial charge in [0.25, 0.3) is 0 Å². The highest BCUT2D eigenvalue weighted by Gasteiger charge is 1.85. The highest BCUT2D eigenvalue weighted by Crippen LogP contribution is 1.73. The monoisotopic (exact) mass is 109 g/mol. The minimum absolute atomic E-state index is 0.118. The van der Waals surface area contributed by atoms with Crippen LogP contribution < -0.4 is 0 Å². The Bertz CT molecular complexity index is 174. The van der Waals surface area contributed by atoms with Crippen molar-refractivity contribution in [3.05, 3.63) is 18.2 Å². The molecule has 0 aliphatic rings. The van der Waals surface area contributed by atoms with Gasteiger partial charge in [0.1, 0.15) is 0 Å². The molecule has 8 heavy (non-hydrogen) atoms. The number of nitrogens with zero attached hydrogens (tertiary/aromatic N) is 3. The summed E-state index contributed by atoms with van der Waals surface area (Å²) in [5.41, 5.74) is 0. The van der Waals surface area contributed by atoms with E-state index in [0.29, 0.717) is 6.29 Å². The number of aromatic nitrogens is 3. The van der Waals surface area contributed by atoms with Crippen LogP contribution in [0.25, 0.3) is 0 Å². The van der Waals surface area contributed by atoms with Gasteiger partial charge in [-0.3, -0.25) is 4.79 Å². The largest absolute Gasteiger partial charge is 0.294 e. The smallest absolute Gasteiger partial charge is 0.214 e. The Hall–Kier alpha value is -1.32. The summed E-state index contributed by atoms with van der Waals surface area (Å²) in [5, 5.41) is 6.78. The molecule has 0 aliphatic carbocycles. The van der Waals surface area contributed by atoms with Crippen LogP contribution in [0, 0.1) is 0 Å². The van der Waals surface area contributed by atoms with Crippen molar-refractivity contribution < 1.29 is 4.79 Å². The first kappa shape index (κ1) is 4.83. The molecule has 0 aliphatic heterocycles. The molecular formula is C4H3N3O. The van der Waals surface area contributed by atoms with Crippen molar-refractivity contribution in [3.63, 3.8) is 0 Å². The fourth-order valence-corrected chi connectivity index (χ4v) is 0.312. The minimum Gasteiger partial charge on any atom is -0.294 e. The van der Waals surface area contributed by atoms with Crippen LogP contribution in [0.4, 0.5) is 0 Å². The maximum atomic E-state index is 9.84. The minimum atomic E-state index is 0.118. The van der Waals surface area contributed by atoms with Gasteiger partial charge in [-0.15, -0.1) is 5.10 Å². The average molecular weight is 109 g/mol. The second-order valence-electron chi connectivity index (χ2n) is 1.12. The summed E-state index contributed by atoms with van der Waals surface area (Å²) in [4.78, 5) is 13.4. The molecule has 0 N–H and O–H groups in total. The van der Waals surface area contributed by atoms with E-state index in [-0.39, 0.29) is 5.82 Å². The lowest BCUT2D eigenvalue weighted by Gasteiger charge is -1.79. The number of carbonyl (C=O) groups is 1. The highest BCUT2D eigenvalue weighted by molar-refractivity contribution is 5.67. The molecule has 0 fully saturated rings. The maximum absolute atomic E-state index is 9.84. The van der Waals surface area contributed by atoms with Gasteiger partial charge in [0.05, 0.1) is 6.20 Å². The molecule has 0 spiro atoms. The van der Waals surface area contributed by atoms with Crippen molar-refractivity contribution in [1.82, 2.24) is 15.2 Å². The van der Waals surface area contributed by atoms with Crippen molar-refractivity contribution in [2.75, 3.05) is 0 Å². The third kappa shape index (κ3) is 0.841. The Morgan fingerprint density at radius 1 is 1.50 bits per heavy atom. The van der Waals surface area contributed by atoms with Gasteiger partial charge in [0, 0.05) is 6.20 Å². The van der Waals surface area contributed by atoms with Crippen LogP contribution in [-0.4, -0.2) is 21.5 Å². The summed E-state index contributed by atoms with van der Waals surface area (Å²) in [7, 11) is 0. The van der Waals surface area contributed by atoms with E-state index in [9.17, 15) is 4.79 Å². The zero-order chi connectivity index (χ0) is 5.82. The Labute approximate surface area is 45.6 Å². The van der Waals surface area contributed by atoms with E-state index in [2.05, 4.69) is 15.2 Å². The Balaban J connectivity index is 2.99. The molecule has 0 saturated carbocycles. The van der Waals surface area contributed by atoms with Crippen LogP contribution in [-0.2, 0) is 0 Å². The quantitative estimate of drug-likeness (QED) is 0.464. The third-order valence-corrected chi connectivity index (χ3v) is 0.606. The van der Waals surface area contributed by atoms with Crippen LogP contribution in [0.1, 0.15) is 10.6 Å². The normalized spacial score (nSPS) is 8.50. The Morgan fingerprint density at radius 2 is 2.38 bits per heavy atom. The van der Waals surface area contributed by atoms with Gasteiger partial charge in [0.2, 0.25) is 5.82 Å². The molecule has 4 heteroatoms. The lowest BCUT2D eigenvalue weighted by molar-refractivity contribution is 0.111. The van der Waals surface area contributed by atoms with Gasteiger partial charge >= 0.3 is 0 Å². The van der Waals surface area contributed by atoms with Crippen LogP contribution in [0.3, 0.4) is 0 Å². The fraction of sp³-hybridized carbons (Fsp3) is 0. The molecule has 1 aromatic heterocycles. The average Bonchev–Trinajstić information content (AvgIpc) is 1.90. The molecule has 0 radical (unpaired) electrons. The van der Waals surface area contributed by atoms with E-state index in [0.717, 1.165) is 0 Å². The van der Waals surface area contributed by atoms with Crippen molar-refractivity contribution >= 4 is 6.29 Å². The number of rotatable bonds is 1. The maximum Gasteiger partial charge on any atom is 0.214 e.